The molecule has 0 saturated heterocycles. The zero-order valence-corrected chi connectivity index (χ0v) is 10.0. The van der Waals surface area contributed by atoms with E-state index in [9.17, 15) is 4.39 Å². The van der Waals surface area contributed by atoms with E-state index < -0.39 is 0 Å². The zero-order chi connectivity index (χ0) is 12.3. The Morgan fingerprint density at radius 3 is 2.94 bits per heavy atom. The minimum atomic E-state index is -0.333. The minimum absolute atomic E-state index is 0.333. The molecule has 0 fully saturated rings. The summed E-state index contributed by atoms with van der Waals surface area (Å²) in [5.74, 6) is 0.357. The molecule has 1 heterocycles. The number of halogens is 2. The van der Waals surface area contributed by atoms with E-state index in [1.807, 2.05) is 6.92 Å². The van der Waals surface area contributed by atoms with Gasteiger partial charge in [-0.05, 0) is 31.2 Å². The van der Waals surface area contributed by atoms with Crippen molar-refractivity contribution in [3.63, 3.8) is 0 Å². The summed E-state index contributed by atoms with van der Waals surface area (Å²) >= 11 is 5.79. The lowest BCUT2D eigenvalue weighted by molar-refractivity contribution is 0.630. The molecule has 2 aromatic rings. The third-order valence-electron chi connectivity index (χ3n) is 2.22. The number of nitrogens with one attached hydrogen (secondary N) is 1. The van der Waals surface area contributed by atoms with Crippen LogP contribution in [0.25, 0.3) is 0 Å². The van der Waals surface area contributed by atoms with Crippen molar-refractivity contribution in [3.8, 4) is 0 Å². The molecule has 1 N–H and O–H groups in total. The van der Waals surface area contributed by atoms with Crippen LogP contribution in [0.4, 0.5) is 10.1 Å². The smallest absolute Gasteiger partial charge is 0.146 e. The van der Waals surface area contributed by atoms with E-state index in [4.69, 9.17) is 11.6 Å². The molecule has 3 nitrogen and oxygen atoms in total. The van der Waals surface area contributed by atoms with Crippen LogP contribution in [0.1, 0.15) is 11.5 Å². The Bertz CT molecular complexity index is 531. The molecule has 5 heteroatoms. The fraction of sp³-hybridized carbons (Fsp3) is 0.167. The molecule has 0 bridgehead atoms. The van der Waals surface area contributed by atoms with Crippen molar-refractivity contribution >= 4 is 17.3 Å². The van der Waals surface area contributed by atoms with Crippen molar-refractivity contribution in [1.82, 2.24) is 9.97 Å². The summed E-state index contributed by atoms with van der Waals surface area (Å²) in [5, 5.41) is 3.44. The molecule has 1 aromatic carbocycles. The summed E-state index contributed by atoms with van der Waals surface area (Å²) in [6.45, 7) is 2.24. The van der Waals surface area contributed by atoms with Gasteiger partial charge in [0.15, 0.2) is 0 Å². The Morgan fingerprint density at radius 1 is 1.35 bits per heavy atom. The van der Waals surface area contributed by atoms with Crippen LogP contribution < -0.4 is 5.32 Å². The molecular formula is C12H11ClFN3. The predicted molar refractivity (Wildman–Crippen MR) is 65.5 cm³/mol. The normalized spacial score (nSPS) is 10.3. The van der Waals surface area contributed by atoms with Crippen molar-refractivity contribution in [2.75, 3.05) is 5.32 Å². The molecular weight excluding hydrogens is 241 g/mol. The van der Waals surface area contributed by atoms with E-state index >= 15 is 0 Å². The second-order valence-corrected chi connectivity index (χ2v) is 4.01. The zero-order valence-electron chi connectivity index (χ0n) is 9.24. The fourth-order valence-electron chi connectivity index (χ4n) is 1.42. The summed E-state index contributed by atoms with van der Waals surface area (Å²) in [6.07, 6.45) is 1.67. The molecule has 0 spiro atoms. The highest BCUT2D eigenvalue weighted by Gasteiger charge is 2.03. The van der Waals surface area contributed by atoms with Crippen LogP contribution in [-0.2, 0) is 6.54 Å². The Hall–Kier alpha value is -1.68. The van der Waals surface area contributed by atoms with E-state index in [0.29, 0.717) is 23.1 Å². The Balaban J connectivity index is 2.09. The third-order valence-corrected chi connectivity index (χ3v) is 2.46. The molecule has 1 aromatic heterocycles. The lowest BCUT2D eigenvalue weighted by atomic mass is 10.3. The molecule has 0 aliphatic rings. The van der Waals surface area contributed by atoms with Crippen molar-refractivity contribution < 1.29 is 4.39 Å². The van der Waals surface area contributed by atoms with E-state index in [2.05, 4.69) is 15.3 Å². The maximum Gasteiger partial charge on any atom is 0.146 e. The van der Waals surface area contributed by atoms with Crippen molar-refractivity contribution in [3.05, 3.63) is 52.8 Å². The van der Waals surface area contributed by atoms with Gasteiger partial charge in [-0.1, -0.05) is 11.6 Å². The van der Waals surface area contributed by atoms with Crippen LogP contribution in [-0.4, -0.2) is 9.97 Å². The van der Waals surface area contributed by atoms with Gasteiger partial charge in [0, 0.05) is 11.2 Å². The maximum absolute atomic E-state index is 13.4. The second-order valence-electron chi connectivity index (χ2n) is 3.57. The summed E-state index contributed by atoms with van der Waals surface area (Å²) in [4.78, 5) is 8.20. The van der Waals surface area contributed by atoms with E-state index in [1.165, 1.54) is 12.1 Å². The standard InChI is InChI=1S/C12H11ClFN3/c1-8-15-5-4-10(17-8)7-16-12-6-9(13)2-3-11(12)14/h2-6,16H,7H2,1H3. The first-order valence-corrected chi connectivity index (χ1v) is 5.50. The van der Waals surface area contributed by atoms with Gasteiger partial charge in [0.25, 0.3) is 0 Å². The van der Waals surface area contributed by atoms with Gasteiger partial charge in [-0.25, -0.2) is 14.4 Å². The summed E-state index contributed by atoms with van der Waals surface area (Å²) in [6, 6.07) is 6.17. The van der Waals surface area contributed by atoms with Gasteiger partial charge in [0.1, 0.15) is 11.6 Å². The molecule has 2 rings (SSSR count). The number of aryl methyl sites for hydroxylation is 1. The average Bonchev–Trinajstić information content (AvgIpc) is 2.30. The summed E-state index contributed by atoms with van der Waals surface area (Å²) in [5.41, 5.74) is 1.17. The van der Waals surface area contributed by atoms with Gasteiger partial charge < -0.3 is 5.32 Å². The van der Waals surface area contributed by atoms with Gasteiger partial charge >= 0.3 is 0 Å². The monoisotopic (exact) mass is 251 g/mol. The van der Waals surface area contributed by atoms with Crippen molar-refractivity contribution in [1.29, 1.82) is 0 Å². The first kappa shape index (κ1) is 11.8. The molecule has 0 saturated carbocycles. The van der Waals surface area contributed by atoms with Gasteiger partial charge in [0.2, 0.25) is 0 Å². The maximum atomic E-state index is 13.4. The molecule has 0 aliphatic heterocycles. The van der Waals surface area contributed by atoms with Crippen LogP contribution >= 0.6 is 11.6 Å². The van der Waals surface area contributed by atoms with E-state index in [1.54, 1.807) is 18.3 Å². The number of benzene rings is 1. The first-order chi connectivity index (χ1) is 8.15. The highest BCUT2D eigenvalue weighted by Crippen LogP contribution is 2.19. The molecule has 0 aliphatic carbocycles. The summed E-state index contributed by atoms with van der Waals surface area (Å²) in [7, 11) is 0. The van der Waals surface area contributed by atoms with Crippen molar-refractivity contribution in [2.45, 2.75) is 13.5 Å². The largest absolute Gasteiger partial charge is 0.377 e. The SMILES string of the molecule is Cc1nccc(CNc2cc(Cl)ccc2F)n1. The quantitative estimate of drug-likeness (QED) is 0.910. The number of hydrogen-bond donors (Lipinski definition) is 1. The third kappa shape index (κ3) is 3.14. The molecule has 17 heavy (non-hydrogen) atoms. The van der Waals surface area contributed by atoms with Gasteiger partial charge in [-0.3, -0.25) is 0 Å². The number of nitrogens with zero attached hydrogens (tertiary/aromatic N) is 2. The van der Waals surface area contributed by atoms with E-state index in [-0.39, 0.29) is 5.82 Å². The number of rotatable bonds is 3. The molecule has 88 valence electrons. The number of anilines is 1. The lowest BCUT2D eigenvalue weighted by Crippen LogP contribution is -2.04. The Morgan fingerprint density at radius 2 is 2.18 bits per heavy atom. The van der Waals surface area contributed by atoms with Gasteiger partial charge in [-0.2, -0.15) is 0 Å². The average molecular weight is 252 g/mol. The first-order valence-electron chi connectivity index (χ1n) is 5.12. The molecule has 0 atom stereocenters. The van der Waals surface area contributed by atoms with E-state index in [0.717, 1.165) is 5.69 Å². The predicted octanol–water partition coefficient (Wildman–Crippen LogP) is 3.19. The van der Waals surface area contributed by atoms with Gasteiger partial charge in [-0.15, -0.1) is 0 Å². The van der Waals surface area contributed by atoms with Crippen LogP contribution in [0.5, 0.6) is 0 Å². The molecule has 0 amide bonds. The highest BCUT2D eigenvalue weighted by molar-refractivity contribution is 6.30. The topological polar surface area (TPSA) is 37.8 Å². The number of hydrogen-bond acceptors (Lipinski definition) is 3. The lowest BCUT2D eigenvalue weighted by Gasteiger charge is -2.07. The van der Waals surface area contributed by atoms with Crippen LogP contribution in [0, 0.1) is 12.7 Å². The van der Waals surface area contributed by atoms with Crippen LogP contribution in [0.15, 0.2) is 30.5 Å². The summed E-state index contributed by atoms with van der Waals surface area (Å²) < 4.78 is 13.4. The van der Waals surface area contributed by atoms with Crippen LogP contribution in [0.3, 0.4) is 0 Å². The van der Waals surface area contributed by atoms with Crippen LogP contribution in [0.2, 0.25) is 5.02 Å². The molecule has 0 radical (unpaired) electrons. The fourth-order valence-corrected chi connectivity index (χ4v) is 1.59. The number of aromatic nitrogens is 2. The Kier molecular flexibility index (Phi) is 3.54. The second kappa shape index (κ2) is 5.10. The molecule has 0 unspecified atom stereocenters. The minimum Gasteiger partial charge on any atom is -0.377 e. The van der Waals surface area contributed by atoms with Gasteiger partial charge in [0.05, 0.1) is 17.9 Å². The highest BCUT2D eigenvalue weighted by atomic mass is 35.5. The van der Waals surface area contributed by atoms with Crippen molar-refractivity contribution in [2.24, 2.45) is 0 Å². The Labute approximate surface area is 104 Å².